The Balaban J connectivity index is 2.04. The average Bonchev–Trinajstić information content (AvgIpc) is 2.74. The van der Waals surface area contributed by atoms with Gasteiger partial charge in [-0.25, -0.2) is 8.42 Å². The van der Waals surface area contributed by atoms with Crippen molar-refractivity contribution in [3.05, 3.63) is 87.9 Å². The third-order valence-corrected chi connectivity index (χ3v) is 6.98. The van der Waals surface area contributed by atoms with Gasteiger partial charge in [-0.15, -0.1) is 0 Å². The third-order valence-electron chi connectivity index (χ3n) is 4.62. The van der Waals surface area contributed by atoms with E-state index in [-0.39, 0.29) is 10.6 Å². The number of alkyl halides is 3. The molecule has 0 spiro atoms. The maximum absolute atomic E-state index is 13.4. The van der Waals surface area contributed by atoms with Crippen molar-refractivity contribution in [3.63, 3.8) is 0 Å². The summed E-state index contributed by atoms with van der Waals surface area (Å²) in [4.78, 5) is 12.6. The minimum Gasteiger partial charge on any atom is -0.324 e. The molecule has 0 atom stereocenters. The van der Waals surface area contributed by atoms with Crippen LogP contribution in [0.15, 0.2) is 71.6 Å². The standard InChI is InChI=1S/C22H17Cl2F3N2O3S/c1-14-11-15(23)7-10-20(14)28-21(30)13-29(33(31,32)17-5-3-2-4-6-17)16-8-9-19(24)18(12-16)22(25,26)27/h2-12H,13H2,1H3,(H,28,30). The Bertz CT molecular complexity index is 1280. The summed E-state index contributed by atoms with van der Waals surface area (Å²) < 4.78 is 67.4. The molecule has 1 amide bonds. The predicted octanol–water partition coefficient (Wildman–Crippen LogP) is 6.15. The maximum Gasteiger partial charge on any atom is 0.417 e. The lowest BCUT2D eigenvalue weighted by Crippen LogP contribution is -2.38. The molecule has 0 saturated heterocycles. The molecule has 174 valence electrons. The van der Waals surface area contributed by atoms with E-state index in [0.717, 1.165) is 12.1 Å². The number of carbonyl (C=O) groups is 1. The number of rotatable bonds is 6. The van der Waals surface area contributed by atoms with Crippen LogP contribution in [0.25, 0.3) is 0 Å². The van der Waals surface area contributed by atoms with Gasteiger partial charge in [-0.3, -0.25) is 9.10 Å². The number of carbonyl (C=O) groups excluding carboxylic acids is 1. The number of amides is 1. The van der Waals surface area contributed by atoms with E-state index < -0.39 is 39.2 Å². The monoisotopic (exact) mass is 516 g/mol. The first-order valence-corrected chi connectivity index (χ1v) is 11.6. The molecule has 0 fully saturated rings. The van der Waals surface area contributed by atoms with E-state index in [1.54, 1.807) is 19.1 Å². The zero-order valence-electron chi connectivity index (χ0n) is 17.0. The summed E-state index contributed by atoms with van der Waals surface area (Å²) in [5, 5.41) is 2.42. The fraction of sp³-hybridized carbons (Fsp3) is 0.136. The van der Waals surface area contributed by atoms with Crippen molar-refractivity contribution in [2.24, 2.45) is 0 Å². The van der Waals surface area contributed by atoms with E-state index in [0.29, 0.717) is 26.6 Å². The Hall–Kier alpha value is -2.75. The molecule has 3 aromatic rings. The van der Waals surface area contributed by atoms with Crippen molar-refractivity contribution in [1.82, 2.24) is 0 Å². The largest absolute Gasteiger partial charge is 0.417 e. The number of halogens is 5. The first kappa shape index (κ1) is 24.9. The van der Waals surface area contributed by atoms with Crippen LogP contribution in [0.2, 0.25) is 10.0 Å². The number of hydrogen-bond donors (Lipinski definition) is 1. The molecule has 0 bridgehead atoms. The molecule has 0 aliphatic heterocycles. The van der Waals surface area contributed by atoms with E-state index in [2.05, 4.69) is 5.32 Å². The van der Waals surface area contributed by atoms with Crippen LogP contribution in [0.3, 0.4) is 0 Å². The Morgan fingerprint density at radius 2 is 1.67 bits per heavy atom. The molecule has 0 unspecified atom stereocenters. The minimum absolute atomic E-state index is 0.191. The molecule has 33 heavy (non-hydrogen) atoms. The lowest BCUT2D eigenvalue weighted by molar-refractivity contribution is -0.137. The Morgan fingerprint density at radius 3 is 2.27 bits per heavy atom. The van der Waals surface area contributed by atoms with Crippen LogP contribution in [0.4, 0.5) is 24.5 Å². The van der Waals surface area contributed by atoms with E-state index in [1.165, 1.54) is 36.4 Å². The topological polar surface area (TPSA) is 66.5 Å². The second-order valence-electron chi connectivity index (χ2n) is 6.99. The molecule has 0 aromatic heterocycles. The normalized spacial score (nSPS) is 11.8. The van der Waals surface area contributed by atoms with Gasteiger partial charge in [-0.05, 0) is 61.0 Å². The number of sulfonamides is 1. The molecule has 1 N–H and O–H groups in total. The predicted molar refractivity (Wildman–Crippen MR) is 122 cm³/mol. The first-order valence-electron chi connectivity index (χ1n) is 9.40. The van der Waals surface area contributed by atoms with E-state index in [1.807, 2.05) is 0 Å². The lowest BCUT2D eigenvalue weighted by atomic mass is 10.2. The van der Waals surface area contributed by atoms with Crippen LogP contribution in [0.1, 0.15) is 11.1 Å². The van der Waals surface area contributed by atoms with Crippen LogP contribution < -0.4 is 9.62 Å². The number of benzene rings is 3. The first-order chi connectivity index (χ1) is 15.4. The SMILES string of the molecule is Cc1cc(Cl)ccc1NC(=O)CN(c1ccc(Cl)c(C(F)(F)F)c1)S(=O)(=O)c1ccccc1. The Kier molecular flexibility index (Phi) is 7.26. The van der Waals surface area contributed by atoms with Crippen molar-refractivity contribution >= 4 is 50.5 Å². The summed E-state index contributed by atoms with van der Waals surface area (Å²) in [5.41, 5.74) is -0.574. The summed E-state index contributed by atoms with van der Waals surface area (Å²) in [6.45, 7) is 0.910. The van der Waals surface area contributed by atoms with Gasteiger partial charge in [0, 0.05) is 10.7 Å². The molecule has 3 aromatic carbocycles. The highest BCUT2D eigenvalue weighted by molar-refractivity contribution is 7.92. The van der Waals surface area contributed by atoms with Gasteiger partial charge in [0.15, 0.2) is 0 Å². The molecular formula is C22H17Cl2F3N2O3S. The quantitative estimate of drug-likeness (QED) is 0.426. The van der Waals surface area contributed by atoms with Crippen molar-refractivity contribution in [3.8, 4) is 0 Å². The molecule has 0 aliphatic carbocycles. The summed E-state index contributed by atoms with van der Waals surface area (Å²) >= 11 is 11.6. The Morgan fingerprint density at radius 1 is 1.00 bits per heavy atom. The lowest BCUT2D eigenvalue weighted by Gasteiger charge is -2.25. The van der Waals surface area contributed by atoms with E-state index in [9.17, 15) is 26.4 Å². The molecule has 5 nitrogen and oxygen atoms in total. The Labute approximate surface area is 198 Å². The van der Waals surface area contributed by atoms with Crippen molar-refractivity contribution in [2.45, 2.75) is 18.0 Å². The highest BCUT2D eigenvalue weighted by Crippen LogP contribution is 2.38. The van der Waals surface area contributed by atoms with Crippen LogP contribution in [0, 0.1) is 6.92 Å². The van der Waals surface area contributed by atoms with Gasteiger partial charge < -0.3 is 5.32 Å². The zero-order valence-corrected chi connectivity index (χ0v) is 19.4. The highest BCUT2D eigenvalue weighted by atomic mass is 35.5. The van der Waals surface area contributed by atoms with E-state index in [4.69, 9.17) is 23.2 Å². The molecule has 0 saturated carbocycles. The van der Waals surface area contributed by atoms with Gasteiger partial charge in [0.05, 0.1) is 21.2 Å². The van der Waals surface area contributed by atoms with Crippen molar-refractivity contribution in [1.29, 1.82) is 0 Å². The van der Waals surface area contributed by atoms with Crippen molar-refractivity contribution < 1.29 is 26.4 Å². The second-order valence-corrected chi connectivity index (χ2v) is 9.70. The zero-order chi connectivity index (χ0) is 24.4. The number of nitrogens with zero attached hydrogens (tertiary/aromatic N) is 1. The summed E-state index contributed by atoms with van der Waals surface area (Å²) in [5.74, 6) is -0.761. The fourth-order valence-corrected chi connectivity index (χ4v) is 4.89. The number of hydrogen-bond acceptors (Lipinski definition) is 3. The van der Waals surface area contributed by atoms with Gasteiger partial charge in [0.25, 0.3) is 10.0 Å². The van der Waals surface area contributed by atoms with Crippen molar-refractivity contribution in [2.75, 3.05) is 16.2 Å². The average molecular weight is 517 g/mol. The third kappa shape index (κ3) is 5.79. The van der Waals surface area contributed by atoms with E-state index >= 15 is 0 Å². The highest BCUT2D eigenvalue weighted by Gasteiger charge is 2.35. The van der Waals surface area contributed by atoms with Crippen LogP contribution >= 0.6 is 23.2 Å². The molecule has 0 aliphatic rings. The van der Waals surface area contributed by atoms with Crippen LogP contribution in [0.5, 0.6) is 0 Å². The van der Waals surface area contributed by atoms with Crippen LogP contribution in [-0.4, -0.2) is 20.9 Å². The molecule has 3 rings (SSSR count). The number of nitrogens with one attached hydrogen (secondary N) is 1. The van der Waals surface area contributed by atoms with Gasteiger partial charge in [0.1, 0.15) is 6.54 Å². The molecule has 0 radical (unpaired) electrons. The summed E-state index contributed by atoms with van der Waals surface area (Å²) in [6, 6.07) is 14.4. The second kappa shape index (κ2) is 9.62. The van der Waals surface area contributed by atoms with Gasteiger partial charge >= 0.3 is 6.18 Å². The summed E-state index contributed by atoms with van der Waals surface area (Å²) in [6.07, 6.45) is -4.82. The van der Waals surface area contributed by atoms with Crippen LogP contribution in [-0.2, 0) is 21.0 Å². The molecule has 0 heterocycles. The fourth-order valence-electron chi connectivity index (χ4n) is 3.01. The minimum atomic E-state index is -4.82. The molecule has 11 heteroatoms. The number of aryl methyl sites for hydroxylation is 1. The maximum atomic E-state index is 13.4. The summed E-state index contributed by atoms with van der Waals surface area (Å²) in [7, 11) is -4.39. The number of anilines is 2. The van der Waals surface area contributed by atoms with Gasteiger partial charge in [0.2, 0.25) is 5.91 Å². The smallest absolute Gasteiger partial charge is 0.324 e. The molecular weight excluding hydrogens is 500 g/mol. The van der Waals surface area contributed by atoms with Gasteiger partial charge in [-0.2, -0.15) is 13.2 Å². The van der Waals surface area contributed by atoms with Gasteiger partial charge in [-0.1, -0.05) is 41.4 Å².